The Balaban J connectivity index is 2.19. The lowest BCUT2D eigenvalue weighted by molar-refractivity contribution is -0.168. The third-order valence-electron chi connectivity index (χ3n) is 7.61. The molecule has 1 aromatic rings. The number of carbonyl (C=O) groups excluding carboxylic acids is 4. The molecule has 0 spiro atoms. The molecular weight excluding hydrogens is 476 g/mol. The van der Waals surface area contributed by atoms with Gasteiger partial charge in [0.1, 0.15) is 11.9 Å². The summed E-state index contributed by atoms with van der Waals surface area (Å²) in [5, 5.41) is 21.7. The van der Waals surface area contributed by atoms with Crippen LogP contribution in [0.4, 0.5) is 0 Å². The smallest absolute Gasteiger partial charge is 0.338 e. The van der Waals surface area contributed by atoms with Crippen LogP contribution in [0.2, 0.25) is 0 Å². The number of carbonyl (C=O) groups is 4. The number of Topliss-reactive ketones (excluding diaryl/α,β-unsaturated/α-hetero) is 2. The SMILES string of the molecule is CC(=O)OC12CC(C)C(OC(=O)c3ccccc3)C1C=C(C)C(O)CC(=O)C(C)(C)C(O)C=C(C)C2=O. The Morgan fingerprint density at radius 2 is 1.65 bits per heavy atom. The minimum Gasteiger partial charge on any atom is -0.458 e. The number of hydrogen-bond acceptors (Lipinski definition) is 8. The molecule has 0 saturated heterocycles. The summed E-state index contributed by atoms with van der Waals surface area (Å²) in [6.07, 6.45) is -0.722. The molecule has 2 aliphatic carbocycles. The molecule has 200 valence electrons. The molecule has 2 N–H and O–H groups in total. The Labute approximate surface area is 217 Å². The summed E-state index contributed by atoms with van der Waals surface area (Å²) in [6.45, 7) is 9.20. The number of ketones is 2. The zero-order valence-electron chi connectivity index (χ0n) is 22.2. The number of ether oxygens (including phenoxy) is 2. The van der Waals surface area contributed by atoms with Crippen molar-refractivity contribution in [2.45, 2.75) is 78.3 Å². The highest BCUT2D eigenvalue weighted by Crippen LogP contribution is 2.48. The van der Waals surface area contributed by atoms with Gasteiger partial charge in [0, 0.05) is 19.8 Å². The summed E-state index contributed by atoms with van der Waals surface area (Å²) in [5.74, 6) is -3.56. The van der Waals surface area contributed by atoms with Crippen LogP contribution in [0, 0.1) is 17.3 Å². The Morgan fingerprint density at radius 3 is 2.24 bits per heavy atom. The molecule has 0 heterocycles. The Bertz CT molecular complexity index is 1130. The van der Waals surface area contributed by atoms with E-state index in [-0.39, 0.29) is 24.2 Å². The van der Waals surface area contributed by atoms with Crippen LogP contribution in [0.25, 0.3) is 0 Å². The average Bonchev–Trinajstić information content (AvgIpc) is 3.08. The first-order valence-corrected chi connectivity index (χ1v) is 12.5. The van der Waals surface area contributed by atoms with E-state index in [0.717, 1.165) is 0 Å². The van der Waals surface area contributed by atoms with E-state index in [1.54, 1.807) is 64.1 Å². The van der Waals surface area contributed by atoms with Gasteiger partial charge in [-0.15, -0.1) is 0 Å². The number of benzene rings is 1. The number of aliphatic hydroxyl groups excluding tert-OH is 2. The second kappa shape index (κ2) is 10.7. The normalized spacial score (nSPS) is 32.3. The van der Waals surface area contributed by atoms with Gasteiger partial charge in [0.2, 0.25) is 5.78 Å². The largest absolute Gasteiger partial charge is 0.458 e. The lowest BCUT2D eigenvalue weighted by Gasteiger charge is -2.36. The van der Waals surface area contributed by atoms with Crippen molar-refractivity contribution < 1.29 is 38.9 Å². The highest BCUT2D eigenvalue weighted by atomic mass is 16.6. The third-order valence-corrected chi connectivity index (χ3v) is 7.61. The average molecular weight is 513 g/mol. The number of rotatable bonds is 3. The molecule has 0 bridgehead atoms. The van der Waals surface area contributed by atoms with Crippen molar-refractivity contribution >= 4 is 23.5 Å². The number of fused-ring (bicyclic) bond motifs is 1. The quantitative estimate of drug-likeness (QED) is 0.466. The Hall–Kier alpha value is -3.10. The minimum atomic E-state index is -1.73. The van der Waals surface area contributed by atoms with E-state index in [1.165, 1.54) is 19.9 Å². The summed E-state index contributed by atoms with van der Waals surface area (Å²) in [4.78, 5) is 52.3. The van der Waals surface area contributed by atoms with E-state index in [1.807, 2.05) is 0 Å². The van der Waals surface area contributed by atoms with Gasteiger partial charge >= 0.3 is 11.9 Å². The standard InChI is InChI=1S/C29H36O8/c1-16-12-21-25(36-27(35)20-10-8-7-9-11-20)18(3)15-29(21,37-19(4)30)26(34)17(2)13-23(32)28(5,6)24(33)14-22(16)31/h7-13,18,21-23,25,31-32H,14-15H2,1-6H3. The zero-order chi connectivity index (χ0) is 27.7. The molecule has 6 atom stereocenters. The molecule has 1 saturated carbocycles. The van der Waals surface area contributed by atoms with E-state index in [4.69, 9.17) is 9.47 Å². The van der Waals surface area contributed by atoms with Crippen molar-refractivity contribution in [3.8, 4) is 0 Å². The molecule has 37 heavy (non-hydrogen) atoms. The van der Waals surface area contributed by atoms with Gasteiger partial charge in [-0.2, -0.15) is 0 Å². The lowest BCUT2D eigenvalue weighted by Crippen LogP contribution is -2.49. The van der Waals surface area contributed by atoms with Crippen LogP contribution in [0.5, 0.6) is 0 Å². The van der Waals surface area contributed by atoms with Gasteiger partial charge in [0.15, 0.2) is 5.60 Å². The van der Waals surface area contributed by atoms with E-state index in [9.17, 15) is 29.4 Å². The predicted octanol–water partition coefficient (Wildman–Crippen LogP) is 3.35. The summed E-state index contributed by atoms with van der Waals surface area (Å²) in [5.41, 5.74) is -2.19. The molecule has 0 aliphatic heterocycles. The topological polar surface area (TPSA) is 127 Å². The molecule has 0 amide bonds. The van der Waals surface area contributed by atoms with Gasteiger partial charge in [-0.1, -0.05) is 45.0 Å². The van der Waals surface area contributed by atoms with Crippen molar-refractivity contribution in [1.82, 2.24) is 0 Å². The van der Waals surface area contributed by atoms with E-state index in [0.29, 0.717) is 11.1 Å². The van der Waals surface area contributed by atoms with Crippen molar-refractivity contribution in [3.63, 3.8) is 0 Å². The second-order valence-corrected chi connectivity index (χ2v) is 10.8. The summed E-state index contributed by atoms with van der Waals surface area (Å²) < 4.78 is 11.7. The Morgan fingerprint density at radius 1 is 1.03 bits per heavy atom. The van der Waals surface area contributed by atoms with Crippen LogP contribution in [0.15, 0.2) is 53.6 Å². The van der Waals surface area contributed by atoms with Crippen LogP contribution in [-0.4, -0.2) is 57.6 Å². The summed E-state index contributed by atoms with van der Waals surface area (Å²) in [6, 6.07) is 8.40. The second-order valence-electron chi connectivity index (χ2n) is 10.8. The number of aliphatic hydroxyl groups is 2. The molecule has 8 nitrogen and oxygen atoms in total. The van der Waals surface area contributed by atoms with Crippen molar-refractivity contribution in [2.24, 2.45) is 17.3 Å². The predicted molar refractivity (Wildman–Crippen MR) is 135 cm³/mol. The highest BCUT2D eigenvalue weighted by molar-refractivity contribution is 6.03. The van der Waals surface area contributed by atoms with Crippen LogP contribution in [0.3, 0.4) is 0 Å². The van der Waals surface area contributed by atoms with E-state index >= 15 is 0 Å². The first kappa shape index (κ1) is 28.5. The van der Waals surface area contributed by atoms with Crippen LogP contribution < -0.4 is 0 Å². The van der Waals surface area contributed by atoms with Crippen LogP contribution in [-0.2, 0) is 23.9 Å². The van der Waals surface area contributed by atoms with E-state index < -0.39 is 58.9 Å². The van der Waals surface area contributed by atoms with E-state index in [2.05, 4.69) is 0 Å². The van der Waals surface area contributed by atoms with Crippen molar-refractivity contribution in [2.75, 3.05) is 0 Å². The van der Waals surface area contributed by atoms with Gasteiger partial charge in [-0.3, -0.25) is 14.4 Å². The molecule has 1 fully saturated rings. The van der Waals surface area contributed by atoms with Crippen molar-refractivity contribution in [1.29, 1.82) is 0 Å². The summed E-state index contributed by atoms with van der Waals surface area (Å²) in [7, 11) is 0. The fourth-order valence-corrected chi connectivity index (χ4v) is 5.20. The minimum absolute atomic E-state index is 0.0618. The fraction of sp³-hybridized carbons (Fsp3) is 0.517. The monoisotopic (exact) mass is 512 g/mol. The number of esters is 2. The number of hydrogen-bond donors (Lipinski definition) is 2. The first-order valence-electron chi connectivity index (χ1n) is 12.5. The molecule has 0 radical (unpaired) electrons. The molecule has 0 aromatic heterocycles. The molecule has 8 heteroatoms. The molecule has 3 rings (SSSR count). The van der Waals surface area contributed by atoms with Crippen molar-refractivity contribution in [3.05, 3.63) is 59.2 Å². The van der Waals surface area contributed by atoms with Gasteiger partial charge < -0.3 is 19.7 Å². The maximum absolute atomic E-state index is 14.0. The maximum Gasteiger partial charge on any atom is 0.338 e. The highest BCUT2D eigenvalue weighted by Gasteiger charge is 2.60. The lowest BCUT2D eigenvalue weighted by atomic mass is 9.75. The van der Waals surface area contributed by atoms with Gasteiger partial charge in [0.05, 0.1) is 29.1 Å². The van der Waals surface area contributed by atoms with Crippen LogP contribution in [0.1, 0.15) is 64.7 Å². The maximum atomic E-state index is 14.0. The van der Waals surface area contributed by atoms with Gasteiger partial charge in [-0.05, 0) is 49.1 Å². The first-order chi connectivity index (χ1) is 17.2. The molecule has 6 unspecified atom stereocenters. The zero-order valence-corrected chi connectivity index (χ0v) is 22.2. The summed E-state index contributed by atoms with van der Waals surface area (Å²) >= 11 is 0. The van der Waals surface area contributed by atoms with Gasteiger partial charge in [0.25, 0.3) is 0 Å². The molecule has 1 aromatic carbocycles. The molecular formula is C29H36O8. The van der Waals surface area contributed by atoms with Gasteiger partial charge in [-0.25, -0.2) is 4.79 Å². The Kier molecular flexibility index (Phi) is 8.24. The van der Waals surface area contributed by atoms with Crippen LogP contribution >= 0.6 is 0 Å². The third kappa shape index (κ3) is 5.60. The fourth-order valence-electron chi connectivity index (χ4n) is 5.20. The molecule has 2 aliphatic rings.